The summed E-state index contributed by atoms with van der Waals surface area (Å²) in [5, 5.41) is 0. The van der Waals surface area contributed by atoms with Crippen molar-refractivity contribution in [3.63, 3.8) is 0 Å². The molecule has 0 bridgehead atoms. The number of pyridine rings is 1. The summed E-state index contributed by atoms with van der Waals surface area (Å²) in [7, 11) is 0. The molecule has 2 saturated heterocycles. The van der Waals surface area contributed by atoms with E-state index in [1.807, 2.05) is 17.5 Å². The molecule has 7 nitrogen and oxygen atoms in total. The normalized spacial score (nSPS) is 26.5. The number of likely N-dealkylation sites (tertiary alicyclic amines) is 1. The number of ether oxygens (including phenoxy) is 1. The first-order valence-corrected chi connectivity index (χ1v) is 8.12. The molecule has 2 fully saturated rings. The number of imidazole rings is 1. The summed E-state index contributed by atoms with van der Waals surface area (Å²) in [6, 6.07) is 3.57. The Labute approximate surface area is 139 Å². The van der Waals surface area contributed by atoms with E-state index in [4.69, 9.17) is 10.5 Å². The van der Waals surface area contributed by atoms with Crippen molar-refractivity contribution in [1.29, 1.82) is 0 Å². The van der Waals surface area contributed by atoms with Gasteiger partial charge < -0.3 is 19.8 Å². The molecule has 0 saturated carbocycles. The summed E-state index contributed by atoms with van der Waals surface area (Å²) in [4.78, 5) is 31.0. The largest absolute Gasteiger partial charge is 0.381 e. The van der Waals surface area contributed by atoms with Crippen molar-refractivity contribution in [1.82, 2.24) is 14.3 Å². The summed E-state index contributed by atoms with van der Waals surface area (Å²) < 4.78 is 7.42. The number of nitrogens with two attached hydrogens (primary N) is 1. The smallest absolute Gasteiger partial charge is 0.254 e. The zero-order valence-corrected chi connectivity index (χ0v) is 13.6. The van der Waals surface area contributed by atoms with Gasteiger partial charge in [0.05, 0.1) is 12.0 Å². The van der Waals surface area contributed by atoms with Crippen LogP contribution in [0.4, 0.5) is 0 Å². The van der Waals surface area contributed by atoms with Gasteiger partial charge in [0, 0.05) is 49.3 Å². The molecule has 126 valence electrons. The van der Waals surface area contributed by atoms with Crippen LogP contribution in [0.3, 0.4) is 0 Å². The van der Waals surface area contributed by atoms with Gasteiger partial charge in [-0.3, -0.25) is 9.59 Å². The summed E-state index contributed by atoms with van der Waals surface area (Å²) in [5.74, 6) is -0.441. The predicted molar refractivity (Wildman–Crippen MR) is 86.4 cm³/mol. The number of aryl methyl sites for hydroxylation is 1. The number of hydrogen-bond donors (Lipinski definition) is 1. The average Bonchev–Trinajstić information content (AvgIpc) is 3.16. The minimum atomic E-state index is -0.651. The van der Waals surface area contributed by atoms with Crippen LogP contribution in [0.2, 0.25) is 0 Å². The van der Waals surface area contributed by atoms with E-state index >= 15 is 0 Å². The number of carbonyl (C=O) groups excluding carboxylic acids is 2. The number of aromatic nitrogens is 2. The molecule has 2 aromatic heterocycles. The number of rotatable bonds is 2. The molecule has 0 unspecified atom stereocenters. The lowest BCUT2D eigenvalue weighted by atomic mass is 9.74. The Bertz CT molecular complexity index is 830. The third-order valence-electron chi connectivity index (χ3n) is 5.43. The number of hydrogen-bond acceptors (Lipinski definition) is 4. The number of carbonyl (C=O) groups is 2. The van der Waals surface area contributed by atoms with Crippen molar-refractivity contribution in [2.24, 2.45) is 17.1 Å². The van der Waals surface area contributed by atoms with E-state index in [1.165, 1.54) is 0 Å². The molecule has 4 rings (SSSR count). The van der Waals surface area contributed by atoms with Crippen molar-refractivity contribution in [2.75, 3.05) is 26.3 Å². The van der Waals surface area contributed by atoms with E-state index in [0.717, 1.165) is 11.3 Å². The standard InChI is InChI=1S/C17H20N4O3/c1-11-7-19-14-6-12(2-4-21(11)14)15(22)20-8-13-9-24-5-3-17(13,10-20)16(18)23/h2,4,6-7,13H,3,5,8-10H2,1H3,(H2,18,23)/t13-,17+/m1/s1. The van der Waals surface area contributed by atoms with Gasteiger partial charge in [-0.15, -0.1) is 0 Å². The maximum Gasteiger partial charge on any atom is 0.254 e. The summed E-state index contributed by atoms with van der Waals surface area (Å²) in [5.41, 5.74) is 7.35. The Balaban J connectivity index is 1.63. The van der Waals surface area contributed by atoms with Crippen LogP contribution in [-0.2, 0) is 9.53 Å². The second-order valence-corrected chi connectivity index (χ2v) is 6.77. The van der Waals surface area contributed by atoms with Crippen molar-refractivity contribution in [3.05, 3.63) is 35.8 Å². The SMILES string of the molecule is Cc1cnc2cc(C(=O)N3C[C@@H]4COCC[C@]4(C(N)=O)C3)ccn12. The van der Waals surface area contributed by atoms with Crippen LogP contribution in [-0.4, -0.2) is 52.4 Å². The number of primary amides is 1. The van der Waals surface area contributed by atoms with Gasteiger partial charge in [-0.2, -0.15) is 0 Å². The molecule has 2 aliphatic heterocycles. The lowest BCUT2D eigenvalue weighted by molar-refractivity contribution is -0.135. The van der Waals surface area contributed by atoms with Crippen molar-refractivity contribution < 1.29 is 14.3 Å². The monoisotopic (exact) mass is 328 g/mol. The fourth-order valence-corrected chi connectivity index (χ4v) is 3.93. The van der Waals surface area contributed by atoms with Crippen LogP contribution in [0.25, 0.3) is 5.65 Å². The van der Waals surface area contributed by atoms with Crippen LogP contribution < -0.4 is 5.73 Å². The Morgan fingerprint density at radius 3 is 3.04 bits per heavy atom. The molecule has 0 radical (unpaired) electrons. The fraction of sp³-hybridized carbons (Fsp3) is 0.471. The van der Waals surface area contributed by atoms with Crippen LogP contribution in [0.15, 0.2) is 24.5 Å². The molecule has 2 amide bonds. The Morgan fingerprint density at radius 1 is 1.46 bits per heavy atom. The second-order valence-electron chi connectivity index (χ2n) is 6.77. The second kappa shape index (κ2) is 5.31. The van der Waals surface area contributed by atoms with Crippen molar-refractivity contribution in [3.8, 4) is 0 Å². The zero-order valence-electron chi connectivity index (χ0n) is 13.6. The van der Waals surface area contributed by atoms with Crippen LogP contribution in [0, 0.1) is 18.3 Å². The van der Waals surface area contributed by atoms with E-state index in [1.54, 1.807) is 23.2 Å². The van der Waals surface area contributed by atoms with Crippen LogP contribution in [0.5, 0.6) is 0 Å². The van der Waals surface area contributed by atoms with Gasteiger partial charge in [0.15, 0.2) is 0 Å². The highest BCUT2D eigenvalue weighted by Crippen LogP contribution is 2.42. The first kappa shape index (κ1) is 15.1. The van der Waals surface area contributed by atoms with Gasteiger partial charge in [-0.25, -0.2) is 4.98 Å². The average molecular weight is 328 g/mol. The van der Waals surface area contributed by atoms with Gasteiger partial charge in [0.25, 0.3) is 5.91 Å². The minimum Gasteiger partial charge on any atom is -0.381 e. The molecule has 4 heterocycles. The number of nitrogens with zero attached hydrogens (tertiary/aromatic N) is 3. The third-order valence-corrected chi connectivity index (χ3v) is 5.43. The van der Waals surface area contributed by atoms with Crippen molar-refractivity contribution in [2.45, 2.75) is 13.3 Å². The van der Waals surface area contributed by atoms with Gasteiger partial charge in [-0.05, 0) is 25.5 Å². The van der Waals surface area contributed by atoms with E-state index < -0.39 is 5.41 Å². The first-order valence-electron chi connectivity index (χ1n) is 8.12. The maximum atomic E-state index is 12.9. The highest BCUT2D eigenvalue weighted by atomic mass is 16.5. The van der Waals surface area contributed by atoms with E-state index in [9.17, 15) is 9.59 Å². The van der Waals surface area contributed by atoms with Crippen LogP contribution >= 0.6 is 0 Å². The lowest BCUT2D eigenvalue weighted by Crippen LogP contribution is -2.48. The molecule has 2 aliphatic rings. The Kier molecular flexibility index (Phi) is 3.35. The Morgan fingerprint density at radius 2 is 2.29 bits per heavy atom. The number of amides is 2. The topological polar surface area (TPSA) is 89.9 Å². The lowest BCUT2D eigenvalue weighted by Gasteiger charge is -2.34. The van der Waals surface area contributed by atoms with E-state index in [2.05, 4.69) is 4.98 Å². The molecular formula is C17H20N4O3. The first-order chi connectivity index (χ1) is 11.5. The van der Waals surface area contributed by atoms with Gasteiger partial charge in [-0.1, -0.05) is 0 Å². The highest BCUT2D eigenvalue weighted by Gasteiger charge is 2.53. The molecule has 24 heavy (non-hydrogen) atoms. The zero-order chi connectivity index (χ0) is 16.9. The fourth-order valence-electron chi connectivity index (χ4n) is 3.93. The minimum absolute atomic E-state index is 0.0231. The molecule has 0 aliphatic carbocycles. The van der Waals surface area contributed by atoms with Crippen molar-refractivity contribution >= 4 is 17.5 Å². The summed E-state index contributed by atoms with van der Waals surface area (Å²) in [6.07, 6.45) is 4.20. The number of fused-ring (bicyclic) bond motifs is 2. The van der Waals surface area contributed by atoms with E-state index in [-0.39, 0.29) is 17.7 Å². The Hall–Kier alpha value is -2.41. The third kappa shape index (κ3) is 2.11. The molecule has 2 N–H and O–H groups in total. The molecular weight excluding hydrogens is 308 g/mol. The summed E-state index contributed by atoms with van der Waals surface area (Å²) >= 11 is 0. The molecule has 2 atom stereocenters. The van der Waals surface area contributed by atoms with E-state index in [0.29, 0.717) is 38.3 Å². The van der Waals surface area contributed by atoms with Crippen LogP contribution in [0.1, 0.15) is 22.5 Å². The highest BCUT2D eigenvalue weighted by molar-refractivity contribution is 5.96. The maximum absolute atomic E-state index is 12.9. The quantitative estimate of drug-likeness (QED) is 0.874. The van der Waals surface area contributed by atoms with Gasteiger partial charge in [0.2, 0.25) is 5.91 Å². The predicted octanol–water partition coefficient (Wildman–Crippen LogP) is 0.607. The molecule has 0 spiro atoms. The summed E-state index contributed by atoms with van der Waals surface area (Å²) in [6.45, 7) is 3.82. The van der Waals surface area contributed by atoms with Gasteiger partial charge in [0.1, 0.15) is 5.65 Å². The van der Waals surface area contributed by atoms with Gasteiger partial charge >= 0.3 is 0 Å². The molecule has 7 heteroatoms. The molecule has 0 aromatic carbocycles. The molecule has 2 aromatic rings.